The van der Waals surface area contributed by atoms with Crippen molar-refractivity contribution in [3.05, 3.63) is 91.5 Å². The number of aliphatic hydroxyl groups excluding tert-OH is 1. The molecule has 1 saturated heterocycles. The van der Waals surface area contributed by atoms with Gasteiger partial charge in [-0.1, -0.05) is 39.5 Å². The molecule has 1 fully saturated rings. The quantitative estimate of drug-likeness (QED) is 0.266. The summed E-state index contributed by atoms with van der Waals surface area (Å²) in [5, 5.41) is 15.2. The second-order valence-corrected chi connectivity index (χ2v) is 14.7. The summed E-state index contributed by atoms with van der Waals surface area (Å²) < 4.78 is 11.6. The number of rotatable bonds is 1. The van der Waals surface area contributed by atoms with Crippen molar-refractivity contribution in [2.24, 2.45) is 26.8 Å². The van der Waals surface area contributed by atoms with E-state index in [0.29, 0.717) is 31.6 Å². The Labute approximate surface area is 301 Å². The van der Waals surface area contributed by atoms with Gasteiger partial charge in [-0.05, 0) is 93.4 Å². The normalized spacial score (nSPS) is 26.5. The molecule has 6 aliphatic heterocycles. The van der Waals surface area contributed by atoms with E-state index < -0.39 is 0 Å². The van der Waals surface area contributed by atoms with E-state index in [-0.39, 0.29) is 30.4 Å². The summed E-state index contributed by atoms with van der Waals surface area (Å²) in [6, 6.07) is 0. The molecule has 2 N–H and O–H groups in total. The number of hydrogen-bond acceptors (Lipinski definition) is 9. The first-order chi connectivity index (χ1) is 24.6. The van der Waals surface area contributed by atoms with Crippen LogP contribution in [-0.2, 0) is 19.1 Å². The van der Waals surface area contributed by atoms with Crippen LogP contribution < -0.4 is 5.32 Å². The van der Waals surface area contributed by atoms with Crippen LogP contribution in [0.3, 0.4) is 0 Å². The SMILES string of the molecule is CCC1=C(C)C2=NC1=CC1=C(C)C3=C(O)CC(=C4NC5=CC6=NC(=C2)C(=C6C)COC(=O)CCCCCCCCC(=O)OCCCC4C5C)C3=N1. The van der Waals surface area contributed by atoms with Crippen LogP contribution in [0.4, 0.5) is 0 Å². The molecule has 0 aromatic heterocycles. The molecule has 7 rings (SSSR count). The third-order valence-corrected chi connectivity index (χ3v) is 11.5. The van der Waals surface area contributed by atoms with Crippen LogP contribution in [0.15, 0.2) is 106 Å². The van der Waals surface area contributed by atoms with E-state index in [0.717, 1.165) is 142 Å². The number of carbonyl (C=O) groups is 2. The maximum absolute atomic E-state index is 12.9. The Morgan fingerprint density at radius 2 is 1.49 bits per heavy atom. The first-order valence-electron chi connectivity index (χ1n) is 18.9. The summed E-state index contributed by atoms with van der Waals surface area (Å²) in [4.78, 5) is 40.9. The van der Waals surface area contributed by atoms with Crippen LogP contribution >= 0.6 is 0 Å². The Morgan fingerprint density at radius 1 is 0.804 bits per heavy atom. The third-order valence-electron chi connectivity index (χ3n) is 11.5. The van der Waals surface area contributed by atoms with Crippen LogP contribution in [0, 0.1) is 11.8 Å². The number of cyclic esters (lactones) is 2. The second kappa shape index (κ2) is 14.6. The lowest BCUT2D eigenvalue weighted by Crippen LogP contribution is -2.15. The van der Waals surface area contributed by atoms with Crippen molar-refractivity contribution in [1.82, 2.24) is 5.32 Å². The number of nitrogens with zero attached hydrogens (tertiary/aromatic N) is 3. The van der Waals surface area contributed by atoms with Crippen molar-refractivity contribution in [1.29, 1.82) is 0 Å². The fourth-order valence-corrected chi connectivity index (χ4v) is 8.37. The third kappa shape index (κ3) is 6.79. The molecule has 0 saturated carbocycles. The summed E-state index contributed by atoms with van der Waals surface area (Å²) >= 11 is 0. The molecule has 1 aliphatic carbocycles. The molecule has 7 aliphatic rings. The van der Waals surface area contributed by atoms with Gasteiger partial charge >= 0.3 is 11.9 Å². The molecule has 10 bridgehead atoms. The summed E-state index contributed by atoms with van der Waals surface area (Å²) in [5.41, 5.74) is 13.9. The van der Waals surface area contributed by atoms with E-state index in [1.165, 1.54) is 0 Å². The van der Waals surface area contributed by atoms with Crippen molar-refractivity contribution >= 4 is 29.1 Å². The molecule has 0 radical (unpaired) electrons. The minimum absolute atomic E-state index is 0.0976. The van der Waals surface area contributed by atoms with Gasteiger partial charge in [-0.3, -0.25) is 9.59 Å². The maximum atomic E-state index is 12.9. The Bertz CT molecular complexity index is 1920. The lowest BCUT2D eigenvalue weighted by Gasteiger charge is -2.18. The van der Waals surface area contributed by atoms with Gasteiger partial charge in [-0.25, -0.2) is 15.0 Å². The molecule has 0 spiro atoms. The Hall–Kier alpha value is -4.53. The van der Waals surface area contributed by atoms with Crippen LogP contribution in [0.1, 0.15) is 112 Å². The van der Waals surface area contributed by atoms with Gasteiger partial charge < -0.3 is 19.9 Å². The highest BCUT2D eigenvalue weighted by Crippen LogP contribution is 2.46. The van der Waals surface area contributed by atoms with Crippen molar-refractivity contribution < 1.29 is 24.2 Å². The predicted octanol–water partition coefficient (Wildman–Crippen LogP) is 8.66. The first kappa shape index (κ1) is 34.9. The Kier molecular flexibility index (Phi) is 9.99. The minimum atomic E-state index is -0.202. The zero-order valence-corrected chi connectivity index (χ0v) is 30.7. The number of nitrogens with one attached hydrogen (secondary N) is 1. The molecule has 51 heavy (non-hydrogen) atoms. The van der Waals surface area contributed by atoms with E-state index in [9.17, 15) is 14.7 Å². The summed E-state index contributed by atoms with van der Waals surface area (Å²) in [7, 11) is 0. The average molecular weight is 691 g/mol. The Morgan fingerprint density at radius 3 is 2.24 bits per heavy atom. The van der Waals surface area contributed by atoms with Gasteiger partial charge in [0, 0.05) is 59.2 Å². The minimum Gasteiger partial charge on any atom is -0.511 e. The number of esters is 2. The predicted molar refractivity (Wildman–Crippen MR) is 200 cm³/mol. The van der Waals surface area contributed by atoms with Crippen LogP contribution in [0.5, 0.6) is 0 Å². The molecule has 2 atom stereocenters. The number of fused-ring (bicyclic) bond motifs is 7. The summed E-state index contributed by atoms with van der Waals surface area (Å²) in [6.07, 6.45) is 15.4. The van der Waals surface area contributed by atoms with Gasteiger partial charge in [0.15, 0.2) is 0 Å². The standard InChI is InChI=1S/C42H50N4O5/c1-6-27-23(2)32-20-36-30-22-51-39(49)16-12-10-8-7-9-11-15-38(48)50-17-13-14-28-24(3)33(19-31(44-36)25(30)4)45-41(28)29-18-37(47)40-26(5)34(46-42(29)40)21-35(27)43-32/h19-21,24,28,45,47H,6-18,22H2,1-5H3. The van der Waals surface area contributed by atoms with Crippen molar-refractivity contribution in [2.45, 2.75) is 112 Å². The lowest BCUT2D eigenvalue weighted by molar-refractivity contribution is -0.144. The van der Waals surface area contributed by atoms with Crippen LogP contribution in [0.2, 0.25) is 0 Å². The lowest BCUT2D eigenvalue weighted by atomic mass is 9.86. The first-order valence-corrected chi connectivity index (χ1v) is 18.9. The highest BCUT2D eigenvalue weighted by molar-refractivity contribution is 6.21. The molecule has 9 nitrogen and oxygen atoms in total. The number of hydrogen-bond donors (Lipinski definition) is 2. The van der Waals surface area contributed by atoms with Gasteiger partial charge in [0.2, 0.25) is 0 Å². The molecule has 268 valence electrons. The highest BCUT2D eigenvalue weighted by atomic mass is 16.5. The van der Waals surface area contributed by atoms with E-state index in [1.54, 1.807) is 0 Å². The van der Waals surface area contributed by atoms with E-state index in [2.05, 4.69) is 45.2 Å². The number of aliphatic imine (C=N–C) groups is 3. The van der Waals surface area contributed by atoms with Gasteiger partial charge in [0.1, 0.15) is 12.4 Å². The molecule has 0 aromatic carbocycles. The van der Waals surface area contributed by atoms with Crippen molar-refractivity contribution in [3.8, 4) is 0 Å². The van der Waals surface area contributed by atoms with Gasteiger partial charge in [-0.15, -0.1) is 0 Å². The fourth-order valence-electron chi connectivity index (χ4n) is 8.37. The van der Waals surface area contributed by atoms with E-state index in [1.807, 2.05) is 13.0 Å². The fraction of sp³-hybridized carbons (Fsp3) is 0.500. The molecular formula is C42H50N4O5. The average Bonchev–Trinajstić information content (AvgIpc) is 3.85. The molecule has 9 heteroatoms. The monoisotopic (exact) mass is 690 g/mol. The molecule has 6 heterocycles. The number of aliphatic hydroxyl groups is 1. The number of carbonyl (C=O) groups excluding carboxylic acids is 2. The zero-order chi connectivity index (χ0) is 35.8. The molecule has 0 aromatic rings. The highest BCUT2D eigenvalue weighted by Gasteiger charge is 2.41. The van der Waals surface area contributed by atoms with Crippen LogP contribution in [-0.4, -0.2) is 47.4 Å². The Balaban J connectivity index is 1.35. The number of ether oxygens (including phenoxy) is 2. The van der Waals surface area contributed by atoms with Crippen molar-refractivity contribution in [2.75, 3.05) is 13.2 Å². The van der Waals surface area contributed by atoms with Crippen LogP contribution in [0.25, 0.3) is 0 Å². The zero-order valence-electron chi connectivity index (χ0n) is 30.7. The summed E-state index contributed by atoms with van der Waals surface area (Å²) in [6.45, 7) is 11.1. The topological polar surface area (TPSA) is 122 Å². The second-order valence-electron chi connectivity index (χ2n) is 14.7. The molecule has 2 unspecified atom stereocenters. The van der Waals surface area contributed by atoms with Gasteiger partial charge in [0.25, 0.3) is 0 Å². The number of allylic oxidation sites excluding steroid dienone is 11. The van der Waals surface area contributed by atoms with Gasteiger partial charge in [0.05, 0.1) is 40.8 Å². The van der Waals surface area contributed by atoms with Gasteiger partial charge in [-0.2, -0.15) is 0 Å². The smallest absolute Gasteiger partial charge is 0.306 e. The maximum Gasteiger partial charge on any atom is 0.306 e. The summed E-state index contributed by atoms with van der Waals surface area (Å²) in [5.74, 6) is 0.199. The largest absolute Gasteiger partial charge is 0.511 e. The molecule has 0 amide bonds. The van der Waals surface area contributed by atoms with E-state index in [4.69, 9.17) is 24.5 Å². The van der Waals surface area contributed by atoms with Crippen molar-refractivity contribution in [3.63, 3.8) is 0 Å². The van der Waals surface area contributed by atoms with E-state index >= 15 is 0 Å². The molecular weight excluding hydrogens is 640 g/mol.